The summed E-state index contributed by atoms with van der Waals surface area (Å²) in [5, 5.41) is 3.23. The molecule has 112 valence electrons. The number of rotatable bonds is 5. The van der Waals surface area contributed by atoms with E-state index in [2.05, 4.69) is 26.0 Å². The Morgan fingerprint density at radius 1 is 1.40 bits per heavy atom. The SMILES string of the molecule is COc1cc(NS(=O)(=O)CC2CCNCC2)ccc1Br. The summed E-state index contributed by atoms with van der Waals surface area (Å²) in [6.45, 7) is 1.79. The minimum absolute atomic E-state index is 0.174. The summed E-state index contributed by atoms with van der Waals surface area (Å²) in [6, 6.07) is 5.15. The summed E-state index contributed by atoms with van der Waals surface area (Å²) in [7, 11) is -1.77. The predicted molar refractivity (Wildman–Crippen MR) is 83.7 cm³/mol. The number of piperidine rings is 1. The highest BCUT2D eigenvalue weighted by Crippen LogP contribution is 2.28. The van der Waals surface area contributed by atoms with Gasteiger partial charge in [0.1, 0.15) is 5.75 Å². The van der Waals surface area contributed by atoms with Crippen LogP contribution in [0.3, 0.4) is 0 Å². The molecular weight excluding hydrogens is 344 g/mol. The molecule has 0 radical (unpaired) electrons. The number of benzene rings is 1. The summed E-state index contributed by atoms with van der Waals surface area (Å²) in [4.78, 5) is 0. The summed E-state index contributed by atoms with van der Waals surface area (Å²) in [6.07, 6.45) is 1.81. The van der Waals surface area contributed by atoms with Crippen LogP contribution in [0, 0.1) is 5.92 Å². The molecule has 1 aromatic rings. The van der Waals surface area contributed by atoms with Crippen LogP contribution in [-0.4, -0.2) is 34.4 Å². The molecule has 1 aliphatic heterocycles. The van der Waals surface area contributed by atoms with Crippen LogP contribution in [0.2, 0.25) is 0 Å². The Balaban J connectivity index is 2.03. The molecule has 1 saturated heterocycles. The number of sulfonamides is 1. The second-order valence-corrected chi connectivity index (χ2v) is 7.55. The first kappa shape index (κ1) is 15.6. The fourth-order valence-corrected chi connectivity index (χ4v) is 4.24. The van der Waals surface area contributed by atoms with E-state index < -0.39 is 10.0 Å². The average Bonchev–Trinajstić information content (AvgIpc) is 2.41. The van der Waals surface area contributed by atoms with Crippen LogP contribution in [0.1, 0.15) is 12.8 Å². The zero-order valence-corrected chi connectivity index (χ0v) is 13.8. The highest BCUT2D eigenvalue weighted by molar-refractivity contribution is 9.10. The van der Waals surface area contributed by atoms with Crippen molar-refractivity contribution < 1.29 is 13.2 Å². The molecule has 0 unspecified atom stereocenters. The molecule has 2 N–H and O–H groups in total. The number of hydrogen-bond donors (Lipinski definition) is 2. The maximum absolute atomic E-state index is 12.2. The molecule has 1 aromatic carbocycles. The first-order valence-corrected chi connectivity index (χ1v) is 8.99. The van der Waals surface area contributed by atoms with Crippen molar-refractivity contribution in [3.8, 4) is 5.75 Å². The van der Waals surface area contributed by atoms with Gasteiger partial charge in [0.05, 0.1) is 23.0 Å². The van der Waals surface area contributed by atoms with Gasteiger partial charge in [0, 0.05) is 6.07 Å². The van der Waals surface area contributed by atoms with E-state index in [1.54, 1.807) is 25.3 Å². The Labute approximate surface area is 128 Å². The minimum atomic E-state index is -3.32. The van der Waals surface area contributed by atoms with Gasteiger partial charge in [0.15, 0.2) is 0 Å². The lowest BCUT2D eigenvalue weighted by molar-refractivity contribution is 0.402. The van der Waals surface area contributed by atoms with Crippen LogP contribution >= 0.6 is 15.9 Å². The van der Waals surface area contributed by atoms with Crippen molar-refractivity contribution in [3.63, 3.8) is 0 Å². The van der Waals surface area contributed by atoms with Crippen molar-refractivity contribution in [1.82, 2.24) is 5.32 Å². The normalized spacial score (nSPS) is 16.9. The molecule has 0 saturated carbocycles. The molecule has 1 aliphatic rings. The predicted octanol–water partition coefficient (Wildman–Crippen LogP) is 2.20. The van der Waals surface area contributed by atoms with E-state index >= 15 is 0 Å². The van der Waals surface area contributed by atoms with E-state index in [1.165, 1.54) is 0 Å². The maximum atomic E-state index is 12.2. The van der Waals surface area contributed by atoms with E-state index in [-0.39, 0.29) is 11.7 Å². The van der Waals surface area contributed by atoms with Gasteiger partial charge in [-0.15, -0.1) is 0 Å². The Morgan fingerprint density at radius 3 is 2.75 bits per heavy atom. The van der Waals surface area contributed by atoms with E-state index in [9.17, 15) is 8.42 Å². The van der Waals surface area contributed by atoms with Crippen LogP contribution in [0.15, 0.2) is 22.7 Å². The Morgan fingerprint density at radius 2 is 2.10 bits per heavy atom. The smallest absolute Gasteiger partial charge is 0.232 e. The minimum Gasteiger partial charge on any atom is -0.495 e. The van der Waals surface area contributed by atoms with Crippen molar-refractivity contribution in [2.75, 3.05) is 30.7 Å². The molecular formula is C13H19BrN2O3S. The van der Waals surface area contributed by atoms with Crippen molar-refractivity contribution >= 4 is 31.6 Å². The first-order valence-electron chi connectivity index (χ1n) is 6.55. The van der Waals surface area contributed by atoms with Gasteiger partial charge in [0.2, 0.25) is 10.0 Å². The van der Waals surface area contributed by atoms with Crippen LogP contribution in [0.25, 0.3) is 0 Å². The van der Waals surface area contributed by atoms with Gasteiger partial charge < -0.3 is 10.1 Å². The lowest BCUT2D eigenvalue weighted by atomic mass is 10.0. The number of anilines is 1. The largest absolute Gasteiger partial charge is 0.495 e. The highest BCUT2D eigenvalue weighted by atomic mass is 79.9. The number of methoxy groups -OCH3 is 1. The Kier molecular flexibility index (Phi) is 5.29. The zero-order chi connectivity index (χ0) is 14.6. The molecule has 0 aromatic heterocycles. The maximum Gasteiger partial charge on any atom is 0.232 e. The molecule has 20 heavy (non-hydrogen) atoms. The highest BCUT2D eigenvalue weighted by Gasteiger charge is 2.21. The van der Waals surface area contributed by atoms with Gasteiger partial charge >= 0.3 is 0 Å². The van der Waals surface area contributed by atoms with Crippen molar-refractivity contribution in [2.45, 2.75) is 12.8 Å². The van der Waals surface area contributed by atoms with E-state index in [0.717, 1.165) is 30.4 Å². The molecule has 0 spiro atoms. The van der Waals surface area contributed by atoms with Gasteiger partial charge in [-0.25, -0.2) is 8.42 Å². The summed E-state index contributed by atoms with van der Waals surface area (Å²) < 4.78 is 32.9. The lowest BCUT2D eigenvalue weighted by Crippen LogP contribution is -2.33. The monoisotopic (exact) mass is 362 g/mol. The zero-order valence-electron chi connectivity index (χ0n) is 11.4. The number of halogens is 1. The van der Waals surface area contributed by atoms with Gasteiger partial charge in [-0.2, -0.15) is 0 Å². The molecule has 2 rings (SSSR count). The second kappa shape index (κ2) is 6.78. The number of hydrogen-bond acceptors (Lipinski definition) is 4. The van der Waals surface area contributed by atoms with Gasteiger partial charge in [-0.3, -0.25) is 4.72 Å². The number of ether oxygens (including phenoxy) is 1. The summed E-state index contributed by atoms with van der Waals surface area (Å²) >= 11 is 3.34. The summed E-state index contributed by atoms with van der Waals surface area (Å²) in [5.41, 5.74) is 0.527. The fraction of sp³-hybridized carbons (Fsp3) is 0.538. The topological polar surface area (TPSA) is 67.4 Å². The third kappa shape index (κ3) is 4.36. The molecule has 1 fully saturated rings. The van der Waals surface area contributed by atoms with Gasteiger partial charge in [-0.05, 0) is 59.9 Å². The molecule has 0 bridgehead atoms. The van der Waals surface area contributed by atoms with Gasteiger partial charge in [-0.1, -0.05) is 0 Å². The molecule has 0 aliphatic carbocycles. The van der Waals surface area contributed by atoms with E-state index in [0.29, 0.717) is 11.4 Å². The third-order valence-electron chi connectivity index (χ3n) is 3.34. The summed E-state index contributed by atoms with van der Waals surface area (Å²) in [5.74, 6) is 1.01. The molecule has 1 heterocycles. The molecule has 7 heteroatoms. The van der Waals surface area contributed by atoms with Crippen molar-refractivity contribution in [2.24, 2.45) is 5.92 Å². The Bertz CT molecular complexity index is 557. The van der Waals surface area contributed by atoms with Crippen LogP contribution in [0.4, 0.5) is 5.69 Å². The number of nitrogens with one attached hydrogen (secondary N) is 2. The molecule has 5 nitrogen and oxygen atoms in total. The van der Waals surface area contributed by atoms with Crippen LogP contribution in [0.5, 0.6) is 5.75 Å². The molecule has 0 atom stereocenters. The van der Waals surface area contributed by atoms with Crippen molar-refractivity contribution in [1.29, 1.82) is 0 Å². The Hall–Kier alpha value is -0.790. The fourth-order valence-electron chi connectivity index (χ4n) is 2.30. The van der Waals surface area contributed by atoms with Crippen LogP contribution < -0.4 is 14.8 Å². The average molecular weight is 363 g/mol. The van der Waals surface area contributed by atoms with E-state index in [4.69, 9.17) is 4.74 Å². The lowest BCUT2D eigenvalue weighted by Gasteiger charge is -2.22. The second-order valence-electron chi connectivity index (χ2n) is 4.93. The quantitative estimate of drug-likeness (QED) is 0.842. The molecule has 0 amide bonds. The standard InChI is InChI=1S/C13H19BrN2O3S/c1-19-13-8-11(2-3-12(13)14)16-20(17,18)9-10-4-6-15-7-5-10/h2-3,8,10,15-16H,4-7,9H2,1H3. The van der Waals surface area contributed by atoms with Crippen molar-refractivity contribution in [3.05, 3.63) is 22.7 Å². The van der Waals surface area contributed by atoms with Gasteiger partial charge in [0.25, 0.3) is 0 Å². The van der Waals surface area contributed by atoms with E-state index in [1.807, 2.05) is 0 Å². The van der Waals surface area contributed by atoms with Crippen LogP contribution in [-0.2, 0) is 10.0 Å². The third-order valence-corrected chi connectivity index (χ3v) is 5.45. The first-order chi connectivity index (χ1) is 9.50.